The third kappa shape index (κ3) is 2.08. The lowest BCUT2D eigenvalue weighted by molar-refractivity contribution is -0.385. The van der Waals surface area contributed by atoms with Crippen molar-refractivity contribution >= 4 is 22.3 Å². The number of aromatic nitrogens is 1. The van der Waals surface area contributed by atoms with Crippen LogP contribution in [0.25, 0.3) is 22.2 Å². The van der Waals surface area contributed by atoms with Gasteiger partial charge < -0.3 is 4.98 Å². The lowest BCUT2D eigenvalue weighted by atomic mass is 10.1. The second kappa shape index (κ2) is 4.96. The van der Waals surface area contributed by atoms with Gasteiger partial charge in [-0.05, 0) is 25.1 Å². The summed E-state index contributed by atoms with van der Waals surface area (Å²) in [5.41, 5.74) is 1.49. The molecule has 3 aromatic rings. The van der Waals surface area contributed by atoms with Crippen molar-refractivity contribution in [3.63, 3.8) is 0 Å². The molecule has 0 atom stereocenters. The van der Waals surface area contributed by atoms with E-state index in [-0.39, 0.29) is 22.6 Å². The van der Waals surface area contributed by atoms with Gasteiger partial charge in [0.25, 0.3) is 5.69 Å². The zero-order valence-corrected chi connectivity index (χ0v) is 11.6. The van der Waals surface area contributed by atoms with Gasteiger partial charge in [-0.25, -0.2) is 0 Å². The highest BCUT2D eigenvalue weighted by molar-refractivity contribution is 5.99. The molecule has 0 fully saturated rings. The van der Waals surface area contributed by atoms with E-state index in [0.717, 1.165) is 5.56 Å². The molecule has 1 aromatic heterocycles. The third-order valence-corrected chi connectivity index (χ3v) is 3.48. The Labute approximate surface area is 124 Å². The predicted octanol–water partition coefficient (Wildman–Crippen LogP) is 3.96. The molecular formula is C15H11N3O4. The lowest BCUT2D eigenvalue weighted by Crippen LogP contribution is -1.94. The van der Waals surface area contributed by atoms with E-state index in [1.54, 1.807) is 18.2 Å². The Balaban J connectivity index is 2.39. The Hall–Kier alpha value is -3.22. The maximum atomic E-state index is 11.5. The molecule has 1 heterocycles. The first kappa shape index (κ1) is 13.7. The van der Waals surface area contributed by atoms with Gasteiger partial charge in [0, 0.05) is 6.07 Å². The Kier molecular flexibility index (Phi) is 3.10. The summed E-state index contributed by atoms with van der Waals surface area (Å²) >= 11 is 0. The van der Waals surface area contributed by atoms with Gasteiger partial charge in [0.2, 0.25) is 0 Å². The van der Waals surface area contributed by atoms with Crippen LogP contribution >= 0.6 is 0 Å². The second-order valence-corrected chi connectivity index (χ2v) is 4.93. The fraction of sp³-hybridized carbons (Fsp3) is 0.0667. The molecule has 0 aliphatic heterocycles. The summed E-state index contributed by atoms with van der Waals surface area (Å²) in [7, 11) is 0. The van der Waals surface area contributed by atoms with Crippen LogP contribution in [0.5, 0.6) is 0 Å². The molecule has 0 radical (unpaired) electrons. The molecule has 2 aromatic carbocycles. The fourth-order valence-corrected chi connectivity index (χ4v) is 2.52. The van der Waals surface area contributed by atoms with Gasteiger partial charge in [0.05, 0.1) is 26.3 Å². The minimum Gasteiger partial charge on any atom is -0.348 e. The third-order valence-electron chi connectivity index (χ3n) is 3.48. The SMILES string of the molecule is Cc1ccc2[nH]c(-c3ccccc3[N+](=O)[O-])c([N+](=O)[O-])c2c1. The number of aryl methyl sites for hydroxylation is 1. The number of nitrogens with zero attached hydrogens (tertiary/aromatic N) is 2. The summed E-state index contributed by atoms with van der Waals surface area (Å²) in [6.07, 6.45) is 0. The lowest BCUT2D eigenvalue weighted by Gasteiger charge is -2.00. The summed E-state index contributed by atoms with van der Waals surface area (Å²) in [6, 6.07) is 11.2. The molecule has 0 spiro atoms. The molecule has 22 heavy (non-hydrogen) atoms. The smallest absolute Gasteiger partial charge is 0.302 e. The van der Waals surface area contributed by atoms with Crippen molar-refractivity contribution in [3.8, 4) is 11.3 Å². The number of H-pyrrole nitrogens is 1. The molecule has 7 heteroatoms. The van der Waals surface area contributed by atoms with Crippen LogP contribution in [0.15, 0.2) is 42.5 Å². The van der Waals surface area contributed by atoms with E-state index in [1.165, 1.54) is 18.2 Å². The molecular weight excluding hydrogens is 286 g/mol. The number of rotatable bonds is 3. The van der Waals surface area contributed by atoms with Crippen LogP contribution in [0, 0.1) is 27.2 Å². The largest absolute Gasteiger partial charge is 0.348 e. The highest BCUT2D eigenvalue weighted by Crippen LogP contribution is 2.40. The van der Waals surface area contributed by atoms with E-state index in [0.29, 0.717) is 10.9 Å². The number of aromatic amines is 1. The van der Waals surface area contributed by atoms with Crippen molar-refractivity contribution in [1.82, 2.24) is 4.98 Å². The van der Waals surface area contributed by atoms with E-state index >= 15 is 0 Å². The van der Waals surface area contributed by atoms with Crippen molar-refractivity contribution in [3.05, 3.63) is 68.3 Å². The van der Waals surface area contributed by atoms with Crippen LogP contribution in [-0.4, -0.2) is 14.8 Å². The van der Waals surface area contributed by atoms with Gasteiger partial charge in [-0.1, -0.05) is 23.8 Å². The van der Waals surface area contributed by atoms with Crippen molar-refractivity contribution in [1.29, 1.82) is 0 Å². The molecule has 110 valence electrons. The predicted molar refractivity (Wildman–Crippen MR) is 81.8 cm³/mol. The van der Waals surface area contributed by atoms with Crippen LogP contribution < -0.4 is 0 Å². The van der Waals surface area contributed by atoms with Gasteiger partial charge >= 0.3 is 5.69 Å². The highest BCUT2D eigenvalue weighted by atomic mass is 16.6. The number of nitro groups is 2. The maximum Gasteiger partial charge on any atom is 0.302 e. The van der Waals surface area contributed by atoms with E-state index in [2.05, 4.69) is 4.98 Å². The van der Waals surface area contributed by atoms with Gasteiger partial charge in [-0.3, -0.25) is 20.2 Å². The van der Waals surface area contributed by atoms with E-state index in [9.17, 15) is 20.2 Å². The van der Waals surface area contributed by atoms with Gasteiger partial charge in [0.15, 0.2) is 0 Å². The minimum absolute atomic E-state index is 0.145. The van der Waals surface area contributed by atoms with Crippen molar-refractivity contribution in [2.24, 2.45) is 0 Å². The van der Waals surface area contributed by atoms with Gasteiger partial charge in [-0.15, -0.1) is 0 Å². The minimum atomic E-state index is -0.546. The first-order valence-corrected chi connectivity index (χ1v) is 6.49. The number of nitrogens with one attached hydrogen (secondary N) is 1. The summed E-state index contributed by atoms with van der Waals surface area (Å²) in [5, 5.41) is 23.1. The van der Waals surface area contributed by atoms with E-state index in [4.69, 9.17) is 0 Å². The molecule has 1 N–H and O–H groups in total. The topological polar surface area (TPSA) is 102 Å². The summed E-state index contributed by atoms with van der Waals surface area (Å²) in [6.45, 7) is 1.83. The first-order chi connectivity index (χ1) is 10.5. The quantitative estimate of drug-likeness (QED) is 0.583. The van der Waals surface area contributed by atoms with Gasteiger partial charge in [0.1, 0.15) is 5.69 Å². The molecule has 0 unspecified atom stereocenters. The van der Waals surface area contributed by atoms with Crippen molar-refractivity contribution < 1.29 is 9.85 Å². The second-order valence-electron chi connectivity index (χ2n) is 4.93. The number of benzene rings is 2. The molecule has 0 aliphatic rings. The van der Waals surface area contributed by atoms with Crippen LogP contribution in [0.3, 0.4) is 0 Å². The maximum absolute atomic E-state index is 11.5. The Morgan fingerprint density at radius 1 is 1.00 bits per heavy atom. The van der Waals surface area contributed by atoms with Crippen LogP contribution in [0.2, 0.25) is 0 Å². The van der Waals surface area contributed by atoms with Crippen molar-refractivity contribution in [2.45, 2.75) is 6.92 Å². The number of nitro benzene ring substituents is 1. The molecule has 0 saturated carbocycles. The number of hydrogen-bond acceptors (Lipinski definition) is 4. The van der Waals surface area contributed by atoms with Crippen molar-refractivity contribution in [2.75, 3.05) is 0 Å². The molecule has 3 rings (SSSR count). The Bertz CT molecular complexity index is 914. The fourth-order valence-electron chi connectivity index (χ4n) is 2.52. The first-order valence-electron chi connectivity index (χ1n) is 6.49. The number of para-hydroxylation sites is 1. The standard InChI is InChI=1S/C15H11N3O4/c1-9-6-7-12-11(8-9)15(18(21)22)14(16-12)10-4-2-3-5-13(10)17(19)20/h2-8,16H,1H3. The molecule has 0 amide bonds. The van der Waals surface area contributed by atoms with Gasteiger partial charge in [-0.2, -0.15) is 0 Å². The monoisotopic (exact) mass is 297 g/mol. The van der Waals surface area contributed by atoms with E-state index < -0.39 is 9.85 Å². The molecule has 0 bridgehead atoms. The highest BCUT2D eigenvalue weighted by Gasteiger charge is 2.27. The van der Waals surface area contributed by atoms with Crippen LogP contribution in [0.4, 0.5) is 11.4 Å². The average Bonchev–Trinajstić information content (AvgIpc) is 2.85. The normalized spacial score (nSPS) is 10.8. The molecule has 0 saturated heterocycles. The zero-order chi connectivity index (χ0) is 15.9. The Morgan fingerprint density at radius 2 is 1.73 bits per heavy atom. The number of hydrogen-bond donors (Lipinski definition) is 1. The van der Waals surface area contributed by atoms with Crippen LogP contribution in [-0.2, 0) is 0 Å². The average molecular weight is 297 g/mol. The summed E-state index contributed by atoms with van der Waals surface area (Å²) in [4.78, 5) is 24.5. The Morgan fingerprint density at radius 3 is 2.41 bits per heavy atom. The zero-order valence-electron chi connectivity index (χ0n) is 11.6. The van der Waals surface area contributed by atoms with E-state index in [1.807, 2.05) is 13.0 Å². The molecule has 0 aliphatic carbocycles. The summed E-state index contributed by atoms with van der Waals surface area (Å²) in [5.74, 6) is 0. The summed E-state index contributed by atoms with van der Waals surface area (Å²) < 4.78 is 0. The molecule has 7 nitrogen and oxygen atoms in total. The number of fused-ring (bicyclic) bond motifs is 1. The van der Waals surface area contributed by atoms with Crippen LogP contribution in [0.1, 0.15) is 5.56 Å².